The smallest absolute Gasteiger partial charge is 0.330 e. The van der Waals surface area contributed by atoms with Gasteiger partial charge in [0, 0.05) is 11.8 Å². The first kappa shape index (κ1) is 14.2. The number of hydrogen-bond acceptors (Lipinski definition) is 5. The quantitative estimate of drug-likeness (QED) is 0.765. The maximum Gasteiger partial charge on any atom is 0.330 e. The Hall–Kier alpha value is -1.44. The van der Waals surface area contributed by atoms with Gasteiger partial charge in [0.25, 0.3) is 5.56 Å². The maximum absolute atomic E-state index is 12.1. The third-order valence-electron chi connectivity index (χ3n) is 5.50. The monoisotopic (exact) mass is 308 g/mol. The molecule has 2 aliphatic heterocycles. The summed E-state index contributed by atoms with van der Waals surface area (Å²) in [6, 6.07) is 0. The summed E-state index contributed by atoms with van der Waals surface area (Å²) in [4.78, 5) is 25.9. The van der Waals surface area contributed by atoms with E-state index >= 15 is 0 Å². The van der Waals surface area contributed by atoms with Crippen molar-refractivity contribution in [1.82, 2.24) is 9.55 Å². The van der Waals surface area contributed by atoms with E-state index in [1.54, 1.807) is 6.92 Å². The molecule has 1 aromatic heterocycles. The zero-order valence-corrected chi connectivity index (χ0v) is 12.6. The highest BCUT2D eigenvalue weighted by atomic mass is 16.7. The van der Waals surface area contributed by atoms with Crippen molar-refractivity contribution in [3.8, 4) is 0 Å². The molecule has 3 fully saturated rings. The molecular weight excluding hydrogens is 288 g/mol. The van der Waals surface area contributed by atoms with E-state index < -0.39 is 35.3 Å². The van der Waals surface area contributed by atoms with Crippen molar-refractivity contribution in [2.75, 3.05) is 0 Å². The van der Waals surface area contributed by atoms with E-state index in [1.807, 2.05) is 0 Å². The van der Waals surface area contributed by atoms with Crippen LogP contribution in [0.15, 0.2) is 15.8 Å². The number of aromatic amines is 1. The molecule has 3 aliphatic rings. The van der Waals surface area contributed by atoms with Crippen LogP contribution in [0.4, 0.5) is 0 Å². The molecule has 0 radical (unpaired) electrons. The first-order chi connectivity index (χ1) is 10.4. The number of nitrogens with one attached hydrogen (secondary N) is 1. The van der Waals surface area contributed by atoms with Crippen LogP contribution in [0.25, 0.3) is 0 Å². The van der Waals surface area contributed by atoms with Crippen LogP contribution < -0.4 is 11.2 Å². The Kier molecular flexibility index (Phi) is 2.92. The lowest BCUT2D eigenvalue weighted by molar-refractivity contribution is -0.240. The van der Waals surface area contributed by atoms with Crippen molar-refractivity contribution in [3.63, 3.8) is 0 Å². The summed E-state index contributed by atoms with van der Waals surface area (Å²) in [5.41, 5.74) is -1.27. The molecule has 1 spiro atoms. The van der Waals surface area contributed by atoms with Crippen LogP contribution in [0.5, 0.6) is 0 Å². The summed E-state index contributed by atoms with van der Waals surface area (Å²) in [7, 11) is 0. The van der Waals surface area contributed by atoms with E-state index in [0.29, 0.717) is 5.56 Å². The van der Waals surface area contributed by atoms with Crippen LogP contribution in [0.1, 0.15) is 38.0 Å². The molecule has 22 heavy (non-hydrogen) atoms. The lowest BCUT2D eigenvalue weighted by atomic mass is 9.73. The van der Waals surface area contributed by atoms with Gasteiger partial charge in [-0.3, -0.25) is 14.3 Å². The molecule has 0 aromatic carbocycles. The third kappa shape index (κ3) is 1.61. The predicted molar refractivity (Wildman–Crippen MR) is 76.6 cm³/mol. The van der Waals surface area contributed by atoms with Crippen molar-refractivity contribution >= 4 is 0 Å². The van der Waals surface area contributed by atoms with Crippen LogP contribution in [0.3, 0.4) is 0 Å². The number of rotatable bonds is 1. The molecule has 1 aliphatic carbocycles. The van der Waals surface area contributed by atoms with E-state index in [9.17, 15) is 14.7 Å². The topological polar surface area (TPSA) is 93.6 Å². The standard InChI is InChI=1S/C15H20N2O5/c1-7-6-17(14(20)16-12(7)19)13-10-11(18)15(22-13)8(2)4-3-5-9(15)21-10/h6,8-11,13,18H,3-5H2,1-2H3,(H,16,19,20)/t8-,9+,10-,11+,13-,15+/m1/s1. The predicted octanol–water partition coefficient (Wildman–Crippen LogP) is 0.0609. The Bertz CT molecular complexity index is 725. The Labute approximate surface area is 126 Å². The fourth-order valence-corrected chi connectivity index (χ4v) is 4.31. The number of nitrogens with zero attached hydrogens (tertiary/aromatic N) is 1. The van der Waals surface area contributed by atoms with E-state index in [2.05, 4.69) is 11.9 Å². The highest BCUT2D eigenvalue weighted by Gasteiger charge is 2.69. The number of H-pyrrole nitrogens is 1. The van der Waals surface area contributed by atoms with Gasteiger partial charge < -0.3 is 14.6 Å². The molecular formula is C15H20N2O5. The molecule has 2 saturated heterocycles. The summed E-state index contributed by atoms with van der Waals surface area (Å²) in [6.07, 6.45) is 2.22. The van der Waals surface area contributed by atoms with E-state index in [-0.39, 0.29) is 12.0 Å². The van der Waals surface area contributed by atoms with Gasteiger partial charge in [-0.15, -0.1) is 0 Å². The van der Waals surface area contributed by atoms with Gasteiger partial charge >= 0.3 is 5.69 Å². The van der Waals surface area contributed by atoms with Crippen LogP contribution in [-0.4, -0.2) is 38.6 Å². The zero-order valence-electron chi connectivity index (χ0n) is 12.6. The number of hydrogen-bond donors (Lipinski definition) is 2. The summed E-state index contributed by atoms with van der Waals surface area (Å²) in [5, 5.41) is 10.7. The van der Waals surface area contributed by atoms with Crippen LogP contribution in [0, 0.1) is 12.8 Å². The molecule has 2 N–H and O–H groups in total. The van der Waals surface area contributed by atoms with E-state index in [4.69, 9.17) is 9.47 Å². The van der Waals surface area contributed by atoms with Crippen molar-refractivity contribution < 1.29 is 14.6 Å². The first-order valence-corrected chi connectivity index (χ1v) is 7.78. The Balaban J connectivity index is 1.77. The van der Waals surface area contributed by atoms with Gasteiger partial charge in [-0.1, -0.05) is 13.3 Å². The molecule has 3 heterocycles. The minimum Gasteiger partial charge on any atom is -0.387 e. The average molecular weight is 308 g/mol. The van der Waals surface area contributed by atoms with Gasteiger partial charge in [-0.05, 0) is 25.7 Å². The van der Waals surface area contributed by atoms with Gasteiger partial charge in [0.1, 0.15) is 17.8 Å². The minimum absolute atomic E-state index is 0.118. The molecule has 1 saturated carbocycles. The number of aromatic nitrogens is 2. The van der Waals surface area contributed by atoms with Gasteiger partial charge in [-0.2, -0.15) is 0 Å². The minimum atomic E-state index is -0.753. The normalized spacial score (nSPS) is 43.3. The molecule has 7 nitrogen and oxygen atoms in total. The van der Waals surface area contributed by atoms with Crippen LogP contribution in [0.2, 0.25) is 0 Å². The Morgan fingerprint density at radius 1 is 1.41 bits per heavy atom. The van der Waals surface area contributed by atoms with Crippen molar-refractivity contribution in [3.05, 3.63) is 32.6 Å². The van der Waals surface area contributed by atoms with Crippen LogP contribution in [-0.2, 0) is 9.47 Å². The molecule has 0 unspecified atom stereocenters. The highest BCUT2D eigenvalue weighted by molar-refractivity contribution is 5.16. The molecule has 0 amide bonds. The summed E-state index contributed by atoms with van der Waals surface area (Å²) < 4.78 is 13.5. The average Bonchev–Trinajstić information content (AvgIpc) is 2.92. The molecule has 1 aromatic rings. The lowest BCUT2D eigenvalue weighted by Crippen LogP contribution is -2.55. The third-order valence-corrected chi connectivity index (χ3v) is 5.50. The highest BCUT2D eigenvalue weighted by Crippen LogP contribution is 2.56. The molecule has 120 valence electrons. The molecule has 2 bridgehead atoms. The Morgan fingerprint density at radius 3 is 2.95 bits per heavy atom. The molecule has 7 heteroatoms. The first-order valence-electron chi connectivity index (χ1n) is 7.78. The summed E-state index contributed by atoms with van der Waals surface area (Å²) >= 11 is 0. The Morgan fingerprint density at radius 2 is 2.18 bits per heavy atom. The second-order valence-electron chi connectivity index (χ2n) is 6.71. The second kappa shape index (κ2) is 4.53. The van der Waals surface area contributed by atoms with Crippen molar-refractivity contribution in [2.24, 2.45) is 5.92 Å². The number of fused-ring (bicyclic) bond motifs is 1. The van der Waals surface area contributed by atoms with E-state index in [0.717, 1.165) is 19.3 Å². The number of aliphatic hydroxyl groups is 1. The fraction of sp³-hybridized carbons (Fsp3) is 0.733. The van der Waals surface area contributed by atoms with E-state index in [1.165, 1.54) is 10.8 Å². The SMILES string of the molecule is Cc1cn([C@@H]2O[C@@]34[C@H](C)CCC[C@@H]3O[C@@H]2[C@@H]4O)c(=O)[nH]c1=O. The second-order valence-corrected chi connectivity index (χ2v) is 6.71. The zero-order chi connectivity index (χ0) is 15.6. The van der Waals surface area contributed by atoms with Crippen molar-refractivity contribution in [1.29, 1.82) is 0 Å². The van der Waals surface area contributed by atoms with Crippen molar-refractivity contribution in [2.45, 2.75) is 63.3 Å². The maximum atomic E-state index is 12.1. The van der Waals surface area contributed by atoms with Gasteiger partial charge in [-0.25, -0.2) is 4.79 Å². The molecule has 6 atom stereocenters. The van der Waals surface area contributed by atoms with Crippen LogP contribution >= 0.6 is 0 Å². The molecule has 4 rings (SSSR count). The summed E-state index contributed by atoms with van der Waals surface area (Å²) in [6.45, 7) is 3.69. The number of aryl methyl sites for hydroxylation is 1. The number of ether oxygens (including phenoxy) is 2. The summed E-state index contributed by atoms with van der Waals surface area (Å²) in [5.74, 6) is 0.163. The van der Waals surface area contributed by atoms with Gasteiger partial charge in [0.15, 0.2) is 6.23 Å². The lowest BCUT2D eigenvalue weighted by Gasteiger charge is -2.44. The largest absolute Gasteiger partial charge is 0.387 e. The van der Waals surface area contributed by atoms with Gasteiger partial charge in [0.05, 0.1) is 6.10 Å². The number of aliphatic hydroxyl groups excluding tert-OH is 1. The fourth-order valence-electron chi connectivity index (χ4n) is 4.31. The van der Waals surface area contributed by atoms with Gasteiger partial charge in [0.2, 0.25) is 0 Å².